The van der Waals surface area contributed by atoms with E-state index in [1.54, 1.807) is 6.20 Å². The number of nitrogens with zero attached hydrogens (tertiary/aromatic N) is 5. The Kier molecular flexibility index (Phi) is 3.60. The lowest BCUT2D eigenvalue weighted by Crippen LogP contribution is -2.31. The second-order valence-corrected chi connectivity index (χ2v) is 5.00. The van der Waals surface area contributed by atoms with Gasteiger partial charge in [-0.15, -0.1) is 0 Å². The van der Waals surface area contributed by atoms with E-state index in [4.69, 9.17) is 0 Å². The first kappa shape index (κ1) is 13.6. The summed E-state index contributed by atoms with van der Waals surface area (Å²) in [5.74, 6) is 1.69. The summed E-state index contributed by atoms with van der Waals surface area (Å²) in [5.41, 5.74) is 3.20. The van der Waals surface area contributed by atoms with Crippen LogP contribution in [-0.4, -0.2) is 39.4 Å². The SMILES string of the molecule is CCNc1nc(C)c2c(n1)N(CC)CC(n1cccn1)=C2. The van der Waals surface area contributed by atoms with Gasteiger partial charge in [0.2, 0.25) is 5.95 Å². The molecule has 1 aliphatic rings. The van der Waals surface area contributed by atoms with Crippen LogP contribution < -0.4 is 10.2 Å². The van der Waals surface area contributed by atoms with Crippen LogP contribution in [0.3, 0.4) is 0 Å². The van der Waals surface area contributed by atoms with Gasteiger partial charge in [-0.05, 0) is 32.9 Å². The van der Waals surface area contributed by atoms with E-state index in [1.807, 2.05) is 30.8 Å². The van der Waals surface area contributed by atoms with Crippen LogP contribution in [0.4, 0.5) is 11.8 Å². The number of likely N-dealkylation sites (N-methyl/N-ethyl adjacent to an activating group) is 1. The molecule has 0 aliphatic carbocycles. The summed E-state index contributed by atoms with van der Waals surface area (Å²) in [6.07, 6.45) is 5.90. The van der Waals surface area contributed by atoms with E-state index in [2.05, 4.69) is 38.3 Å². The van der Waals surface area contributed by atoms with Crippen molar-refractivity contribution in [2.24, 2.45) is 0 Å². The molecule has 2 aromatic rings. The highest BCUT2D eigenvalue weighted by Crippen LogP contribution is 2.30. The molecule has 0 saturated heterocycles. The van der Waals surface area contributed by atoms with Gasteiger partial charge in [0.25, 0.3) is 0 Å². The summed E-state index contributed by atoms with van der Waals surface area (Å²) in [7, 11) is 0. The summed E-state index contributed by atoms with van der Waals surface area (Å²) in [4.78, 5) is 11.5. The minimum Gasteiger partial charge on any atom is -0.354 e. The molecule has 0 radical (unpaired) electrons. The number of anilines is 2. The zero-order chi connectivity index (χ0) is 14.8. The standard InChI is InChI=1S/C15H20N6/c1-4-16-15-18-11(3)13-9-12(21-8-6-7-17-21)10-20(5-2)14(13)19-15/h6-9H,4-5,10H2,1-3H3,(H,16,18,19). The van der Waals surface area contributed by atoms with Gasteiger partial charge in [-0.1, -0.05) is 0 Å². The van der Waals surface area contributed by atoms with E-state index in [1.165, 1.54) is 0 Å². The predicted octanol–water partition coefficient (Wildman–Crippen LogP) is 2.25. The highest BCUT2D eigenvalue weighted by Gasteiger charge is 2.22. The van der Waals surface area contributed by atoms with Crippen LogP contribution in [0, 0.1) is 6.92 Å². The Morgan fingerprint density at radius 3 is 2.81 bits per heavy atom. The topological polar surface area (TPSA) is 58.9 Å². The van der Waals surface area contributed by atoms with Gasteiger partial charge in [0, 0.05) is 31.0 Å². The second-order valence-electron chi connectivity index (χ2n) is 5.00. The maximum absolute atomic E-state index is 4.66. The quantitative estimate of drug-likeness (QED) is 0.933. The first-order valence-corrected chi connectivity index (χ1v) is 7.31. The van der Waals surface area contributed by atoms with Gasteiger partial charge in [-0.2, -0.15) is 10.1 Å². The van der Waals surface area contributed by atoms with Crippen molar-refractivity contribution >= 4 is 23.5 Å². The molecule has 1 N–H and O–H groups in total. The van der Waals surface area contributed by atoms with Crippen molar-refractivity contribution in [2.45, 2.75) is 20.8 Å². The summed E-state index contributed by atoms with van der Waals surface area (Å²) in [6, 6.07) is 1.93. The van der Waals surface area contributed by atoms with Crippen molar-refractivity contribution in [1.29, 1.82) is 0 Å². The maximum atomic E-state index is 4.66. The largest absolute Gasteiger partial charge is 0.354 e. The van der Waals surface area contributed by atoms with Gasteiger partial charge in [-0.25, -0.2) is 9.67 Å². The fourth-order valence-corrected chi connectivity index (χ4v) is 2.54. The molecule has 1 aliphatic heterocycles. The van der Waals surface area contributed by atoms with Crippen LogP contribution >= 0.6 is 0 Å². The summed E-state index contributed by atoms with van der Waals surface area (Å²) in [5, 5.41) is 7.52. The van der Waals surface area contributed by atoms with Gasteiger partial charge in [0.15, 0.2) is 0 Å². The smallest absolute Gasteiger partial charge is 0.224 e. The van der Waals surface area contributed by atoms with E-state index in [0.29, 0.717) is 5.95 Å². The van der Waals surface area contributed by atoms with Gasteiger partial charge < -0.3 is 10.2 Å². The average molecular weight is 284 g/mol. The van der Waals surface area contributed by atoms with Crippen molar-refractivity contribution in [3.63, 3.8) is 0 Å². The molecule has 3 rings (SSSR count). The zero-order valence-electron chi connectivity index (χ0n) is 12.7. The molecule has 0 aromatic carbocycles. The Hall–Kier alpha value is -2.37. The van der Waals surface area contributed by atoms with Crippen LogP contribution in [0.2, 0.25) is 0 Å². The molecule has 0 atom stereocenters. The van der Waals surface area contributed by atoms with E-state index in [-0.39, 0.29) is 0 Å². The predicted molar refractivity (Wildman–Crippen MR) is 85.2 cm³/mol. The maximum Gasteiger partial charge on any atom is 0.224 e. The third-order valence-corrected chi connectivity index (χ3v) is 3.59. The number of nitrogens with one attached hydrogen (secondary N) is 1. The molecule has 2 aromatic heterocycles. The van der Waals surface area contributed by atoms with Crippen LogP contribution in [0.1, 0.15) is 25.1 Å². The molecule has 0 fully saturated rings. The van der Waals surface area contributed by atoms with Crippen molar-refractivity contribution in [2.75, 3.05) is 29.9 Å². The second kappa shape index (κ2) is 5.55. The third-order valence-electron chi connectivity index (χ3n) is 3.59. The van der Waals surface area contributed by atoms with E-state index >= 15 is 0 Å². The Morgan fingerprint density at radius 1 is 1.29 bits per heavy atom. The van der Waals surface area contributed by atoms with Crippen molar-refractivity contribution < 1.29 is 0 Å². The highest BCUT2D eigenvalue weighted by molar-refractivity contribution is 5.84. The molecule has 3 heterocycles. The van der Waals surface area contributed by atoms with Crippen molar-refractivity contribution in [3.05, 3.63) is 29.7 Å². The minimum atomic E-state index is 0.697. The molecule has 0 bridgehead atoms. The first-order valence-electron chi connectivity index (χ1n) is 7.31. The Morgan fingerprint density at radius 2 is 2.14 bits per heavy atom. The first-order chi connectivity index (χ1) is 10.2. The van der Waals surface area contributed by atoms with Gasteiger partial charge in [-0.3, -0.25) is 0 Å². The van der Waals surface area contributed by atoms with Gasteiger partial charge >= 0.3 is 0 Å². The van der Waals surface area contributed by atoms with Gasteiger partial charge in [0.1, 0.15) is 5.82 Å². The molecular formula is C15H20N6. The van der Waals surface area contributed by atoms with Gasteiger partial charge in [0.05, 0.1) is 17.9 Å². The average Bonchev–Trinajstić information content (AvgIpc) is 3.01. The summed E-state index contributed by atoms with van der Waals surface area (Å²) < 4.78 is 1.91. The molecule has 0 unspecified atom stereocenters. The lowest BCUT2D eigenvalue weighted by atomic mass is 10.1. The fourth-order valence-electron chi connectivity index (χ4n) is 2.54. The highest BCUT2D eigenvalue weighted by atomic mass is 15.3. The number of fused-ring (bicyclic) bond motifs is 1. The normalized spacial score (nSPS) is 13.9. The number of hydrogen-bond acceptors (Lipinski definition) is 5. The molecule has 0 saturated carbocycles. The zero-order valence-corrected chi connectivity index (χ0v) is 12.7. The number of aromatic nitrogens is 4. The van der Waals surface area contributed by atoms with Crippen molar-refractivity contribution in [1.82, 2.24) is 19.7 Å². The third kappa shape index (κ3) is 2.49. The molecule has 0 spiro atoms. The molecule has 6 nitrogen and oxygen atoms in total. The van der Waals surface area contributed by atoms with Crippen LogP contribution in [0.5, 0.6) is 0 Å². The fraction of sp³-hybridized carbons (Fsp3) is 0.400. The molecule has 110 valence electrons. The summed E-state index contributed by atoms with van der Waals surface area (Å²) in [6.45, 7) is 8.73. The molecule has 6 heteroatoms. The summed E-state index contributed by atoms with van der Waals surface area (Å²) >= 11 is 0. The van der Waals surface area contributed by atoms with Crippen LogP contribution in [0.25, 0.3) is 11.8 Å². The van der Waals surface area contributed by atoms with E-state index < -0.39 is 0 Å². The van der Waals surface area contributed by atoms with Crippen LogP contribution in [0.15, 0.2) is 18.5 Å². The Balaban J connectivity index is 2.09. The van der Waals surface area contributed by atoms with Crippen molar-refractivity contribution in [3.8, 4) is 0 Å². The Labute approximate surface area is 124 Å². The molecule has 21 heavy (non-hydrogen) atoms. The van der Waals surface area contributed by atoms with E-state index in [0.717, 1.165) is 42.4 Å². The number of hydrogen-bond donors (Lipinski definition) is 1. The number of rotatable bonds is 4. The minimum absolute atomic E-state index is 0.697. The lowest BCUT2D eigenvalue weighted by molar-refractivity contribution is 0.807. The molecular weight excluding hydrogens is 264 g/mol. The number of aryl methyl sites for hydroxylation is 1. The van der Waals surface area contributed by atoms with Crippen LogP contribution in [-0.2, 0) is 0 Å². The lowest BCUT2D eigenvalue weighted by Gasteiger charge is -2.30. The van der Waals surface area contributed by atoms with E-state index in [9.17, 15) is 0 Å². The molecule has 0 amide bonds. The Bertz CT molecular complexity index is 659. The monoisotopic (exact) mass is 284 g/mol.